The van der Waals surface area contributed by atoms with Crippen molar-refractivity contribution in [3.8, 4) is 0 Å². The Morgan fingerprint density at radius 2 is 1.71 bits per heavy atom. The van der Waals surface area contributed by atoms with Gasteiger partial charge < -0.3 is 4.74 Å². The van der Waals surface area contributed by atoms with Crippen molar-refractivity contribution in [2.24, 2.45) is 0 Å². The Morgan fingerprint density at radius 1 is 0.917 bits per heavy atom. The minimum atomic E-state index is -1.05. The van der Waals surface area contributed by atoms with Gasteiger partial charge in [-0.3, -0.25) is 0 Å². The Kier molecular flexibility index (Phi) is 4.30. The van der Waals surface area contributed by atoms with Gasteiger partial charge in [0.15, 0.2) is 6.29 Å². The molecule has 2 aliphatic rings. The number of hydrogen-bond acceptors (Lipinski definition) is 5. The van der Waals surface area contributed by atoms with Crippen molar-refractivity contribution >= 4 is 0 Å². The van der Waals surface area contributed by atoms with Gasteiger partial charge in [0, 0.05) is 24.0 Å². The number of halogens is 1. The molecule has 4 rings (SSSR count). The van der Waals surface area contributed by atoms with Crippen molar-refractivity contribution in [2.75, 3.05) is 0 Å². The van der Waals surface area contributed by atoms with Crippen LogP contribution in [0, 0.1) is 5.82 Å². The maximum atomic E-state index is 13.1. The van der Waals surface area contributed by atoms with E-state index in [0.717, 1.165) is 12.0 Å². The Labute approximate surface area is 138 Å². The summed E-state index contributed by atoms with van der Waals surface area (Å²) in [6.45, 7) is 0. The highest BCUT2D eigenvalue weighted by atomic mass is 19.1. The van der Waals surface area contributed by atoms with Gasteiger partial charge in [0.05, 0.1) is 0 Å². The SMILES string of the molecule is Fc1ccc([C@H]2OO[C@H]3CCC[C@@](c4ccccc4)(OO2)O3)cc1. The maximum Gasteiger partial charge on any atom is 0.249 e. The Morgan fingerprint density at radius 3 is 2.50 bits per heavy atom. The third kappa shape index (κ3) is 3.07. The predicted octanol–water partition coefficient (Wildman–Crippen LogP) is 4.11. The first kappa shape index (κ1) is 15.7. The number of fused-ring (bicyclic) bond motifs is 2. The van der Waals surface area contributed by atoms with E-state index < -0.39 is 18.4 Å². The molecule has 0 amide bonds. The van der Waals surface area contributed by atoms with Crippen LogP contribution in [0.4, 0.5) is 4.39 Å². The fourth-order valence-electron chi connectivity index (χ4n) is 2.89. The van der Waals surface area contributed by atoms with Crippen molar-refractivity contribution in [1.82, 2.24) is 0 Å². The van der Waals surface area contributed by atoms with Crippen LogP contribution in [0.5, 0.6) is 0 Å². The van der Waals surface area contributed by atoms with E-state index in [1.54, 1.807) is 12.1 Å². The molecule has 126 valence electrons. The molecule has 0 radical (unpaired) electrons. The van der Waals surface area contributed by atoms with Crippen molar-refractivity contribution in [3.63, 3.8) is 0 Å². The topological polar surface area (TPSA) is 46.2 Å². The molecule has 2 aliphatic heterocycles. The number of hydrogen-bond donors (Lipinski definition) is 0. The summed E-state index contributed by atoms with van der Waals surface area (Å²) in [5.74, 6) is -1.39. The first-order chi connectivity index (χ1) is 11.8. The molecule has 0 aromatic heterocycles. The monoisotopic (exact) mass is 332 g/mol. The molecular weight excluding hydrogens is 315 g/mol. The standard InChI is InChI=1S/C18H17FO5/c19-15-10-8-13(9-11-15)17-22-21-16-7-4-12-18(20-16,24-23-17)14-5-2-1-3-6-14/h1-3,5-6,8-11,16-17H,4,7,12H2/t16-,17-,18-/m0/s1. The van der Waals surface area contributed by atoms with Gasteiger partial charge in [-0.2, -0.15) is 14.7 Å². The molecule has 6 heteroatoms. The molecule has 2 aromatic rings. The van der Waals surface area contributed by atoms with E-state index in [2.05, 4.69) is 0 Å². The summed E-state index contributed by atoms with van der Waals surface area (Å²) in [7, 11) is 0. The average molecular weight is 332 g/mol. The van der Waals surface area contributed by atoms with Gasteiger partial charge in [-0.15, -0.1) is 0 Å². The highest BCUT2D eigenvalue weighted by Gasteiger charge is 2.45. The van der Waals surface area contributed by atoms with Gasteiger partial charge >= 0.3 is 0 Å². The number of rotatable bonds is 2. The summed E-state index contributed by atoms with van der Waals surface area (Å²) in [5, 5.41) is 0. The second-order valence-corrected chi connectivity index (χ2v) is 5.81. The zero-order valence-corrected chi connectivity index (χ0v) is 12.9. The van der Waals surface area contributed by atoms with Gasteiger partial charge in [0.1, 0.15) is 5.82 Å². The zero-order chi connectivity index (χ0) is 16.4. The first-order valence-corrected chi connectivity index (χ1v) is 7.91. The van der Waals surface area contributed by atoms with E-state index in [9.17, 15) is 4.39 Å². The van der Waals surface area contributed by atoms with Gasteiger partial charge in [-0.05, 0) is 18.6 Å². The van der Waals surface area contributed by atoms with E-state index in [1.165, 1.54) is 12.1 Å². The zero-order valence-electron chi connectivity index (χ0n) is 12.9. The second kappa shape index (κ2) is 6.58. The van der Waals surface area contributed by atoms with Gasteiger partial charge in [-0.25, -0.2) is 9.28 Å². The largest absolute Gasteiger partial charge is 0.311 e. The number of ether oxygens (including phenoxy) is 1. The minimum Gasteiger partial charge on any atom is -0.311 e. The van der Waals surface area contributed by atoms with Crippen molar-refractivity contribution in [2.45, 2.75) is 37.6 Å². The van der Waals surface area contributed by atoms with Crippen LogP contribution in [0.15, 0.2) is 54.6 Å². The molecule has 24 heavy (non-hydrogen) atoms. The molecule has 0 unspecified atom stereocenters. The molecule has 0 aliphatic carbocycles. The second-order valence-electron chi connectivity index (χ2n) is 5.81. The lowest BCUT2D eigenvalue weighted by atomic mass is 9.97. The van der Waals surface area contributed by atoms with Crippen LogP contribution < -0.4 is 0 Å². The van der Waals surface area contributed by atoms with E-state index >= 15 is 0 Å². The number of benzene rings is 2. The van der Waals surface area contributed by atoms with Crippen LogP contribution >= 0.6 is 0 Å². The van der Waals surface area contributed by atoms with Gasteiger partial charge in [0.25, 0.3) is 0 Å². The van der Waals surface area contributed by atoms with Crippen LogP contribution in [0.3, 0.4) is 0 Å². The van der Waals surface area contributed by atoms with Crippen LogP contribution in [0.2, 0.25) is 0 Å². The molecule has 2 heterocycles. The fourth-order valence-corrected chi connectivity index (χ4v) is 2.89. The molecule has 3 atom stereocenters. The van der Waals surface area contributed by atoms with Crippen LogP contribution in [0.25, 0.3) is 0 Å². The summed E-state index contributed by atoms with van der Waals surface area (Å²) in [5.41, 5.74) is 1.43. The lowest BCUT2D eigenvalue weighted by Crippen LogP contribution is -2.44. The summed E-state index contributed by atoms with van der Waals surface area (Å²) < 4.78 is 19.1. The summed E-state index contributed by atoms with van der Waals surface area (Å²) in [4.78, 5) is 21.8. The molecule has 2 saturated heterocycles. The Bertz CT molecular complexity index is 678. The third-order valence-corrected chi connectivity index (χ3v) is 4.14. The molecule has 0 spiro atoms. The predicted molar refractivity (Wildman–Crippen MR) is 80.3 cm³/mol. The molecule has 0 N–H and O–H groups in total. The van der Waals surface area contributed by atoms with Gasteiger partial charge in [0.2, 0.25) is 12.1 Å². The summed E-state index contributed by atoms with van der Waals surface area (Å²) >= 11 is 0. The quantitative estimate of drug-likeness (QED) is 0.774. The van der Waals surface area contributed by atoms with E-state index in [-0.39, 0.29) is 5.82 Å². The van der Waals surface area contributed by atoms with E-state index in [4.69, 9.17) is 24.3 Å². The van der Waals surface area contributed by atoms with E-state index in [1.807, 2.05) is 30.3 Å². The first-order valence-electron chi connectivity index (χ1n) is 7.91. The molecule has 2 aromatic carbocycles. The van der Waals surface area contributed by atoms with Crippen LogP contribution in [0.1, 0.15) is 36.7 Å². The molecule has 0 saturated carbocycles. The maximum absolute atomic E-state index is 13.1. The fraction of sp³-hybridized carbons (Fsp3) is 0.333. The van der Waals surface area contributed by atoms with E-state index in [0.29, 0.717) is 18.4 Å². The average Bonchev–Trinajstić information content (AvgIpc) is 2.63. The minimum absolute atomic E-state index is 0.340. The highest BCUT2D eigenvalue weighted by Crippen LogP contribution is 2.42. The molecule has 5 nitrogen and oxygen atoms in total. The molecule has 2 fully saturated rings. The van der Waals surface area contributed by atoms with Crippen molar-refractivity contribution in [1.29, 1.82) is 0 Å². The smallest absolute Gasteiger partial charge is 0.249 e. The van der Waals surface area contributed by atoms with Gasteiger partial charge in [-0.1, -0.05) is 42.5 Å². The third-order valence-electron chi connectivity index (χ3n) is 4.14. The normalized spacial score (nSPS) is 30.4. The molecule has 2 bridgehead atoms. The Hall–Kier alpha value is -1.83. The molecular formula is C18H17FO5. The van der Waals surface area contributed by atoms with Crippen molar-refractivity contribution in [3.05, 3.63) is 71.5 Å². The lowest BCUT2D eigenvalue weighted by Gasteiger charge is -2.41. The van der Waals surface area contributed by atoms with Crippen LogP contribution in [-0.4, -0.2) is 6.29 Å². The highest BCUT2D eigenvalue weighted by molar-refractivity contribution is 5.21. The lowest BCUT2D eigenvalue weighted by molar-refractivity contribution is -0.593. The van der Waals surface area contributed by atoms with Crippen molar-refractivity contribution < 1.29 is 28.7 Å². The van der Waals surface area contributed by atoms with Crippen LogP contribution in [-0.2, 0) is 30.1 Å². The summed E-state index contributed by atoms with van der Waals surface area (Å²) in [6, 6.07) is 15.3. The summed E-state index contributed by atoms with van der Waals surface area (Å²) in [6.07, 6.45) is 0.665. The Balaban J connectivity index is 1.61.